The van der Waals surface area contributed by atoms with E-state index in [9.17, 15) is 18.4 Å². The van der Waals surface area contributed by atoms with Crippen molar-refractivity contribution in [1.82, 2.24) is 15.1 Å². The third-order valence-corrected chi connectivity index (χ3v) is 5.11. The van der Waals surface area contributed by atoms with Crippen molar-refractivity contribution >= 4 is 11.9 Å². The Hall–Kier alpha value is -2.66. The minimum atomic E-state index is -0.686. The number of nitrogens with zero attached hydrogens (tertiary/aromatic N) is 2. The predicted molar refractivity (Wildman–Crippen MR) is 91.6 cm³/mol. The molecular formula is C19H19F2N3O3. The second-order valence-corrected chi connectivity index (χ2v) is 7.01. The average molecular weight is 375 g/mol. The van der Waals surface area contributed by atoms with E-state index >= 15 is 0 Å². The van der Waals surface area contributed by atoms with Crippen LogP contribution in [-0.4, -0.2) is 66.7 Å². The van der Waals surface area contributed by atoms with Gasteiger partial charge in [0.15, 0.2) is 0 Å². The van der Waals surface area contributed by atoms with Gasteiger partial charge in [-0.05, 0) is 18.6 Å². The van der Waals surface area contributed by atoms with Crippen LogP contribution in [0.5, 0.6) is 0 Å². The monoisotopic (exact) mass is 375 g/mol. The molecule has 1 N–H and O–H groups in total. The molecular weight excluding hydrogens is 356 g/mol. The minimum absolute atomic E-state index is 0.0441. The Morgan fingerprint density at radius 1 is 1.19 bits per heavy atom. The van der Waals surface area contributed by atoms with Gasteiger partial charge < -0.3 is 19.9 Å². The predicted octanol–water partition coefficient (Wildman–Crippen LogP) is 0.957. The quantitative estimate of drug-likeness (QED) is 0.687. The summed E-state index contributed by atoms with van der Waals surface area (Å²) in [5.41, 5.74) is -0.239. The van der Waals surface area contributed by atoms with Crippen LogP contribution in [0, 0.1) is 29.4 Å². The maximum Gasteiger partial charge on any atom is 0.320 e. The van der Waals surface area contributed by atoms with Gasteiger partial charge >= 0.3 is 6.03 Å². The molecule has 0 aliphatic carbocycles. The maximum absolute atomic E-state index is 13.6. The van der Waals surface area contributed by atoms with Crippen LogP contribution in [0.3, 0.4) is 0 Å². The SMILES string of the molecule is O=C1CO[C@H]2CCN(C(=O)N3CC(C#Cc4c(F)cccc4F)C3)C[C@H]2N1. The first-order valence-electron chi connectivity index (χ1n) is 8.91. The number of urea groups is 1. The van der Waals surface area contributed by atoms with Crippen molar-refractivity contribution in [3.05, 3.63) is 35.4 Å². The van der Waals surface area contributed by atoms with Crippen LogP contribution in [-0.2, 0) is 9.53 Å². The van der Waals surface area contributed by atoms with Gasteiger partial charge in [0.1, 0.15) is 18.2 Å². The second-order valence-electron chi connectivity index (χ2n) is 7.01. The summed E-state index contributed by atoms with van der Waals surface area (Å²) in [5, 5.41) is 2.87. The van der Waals surface area contributed by atoms with E-state index in [1.165, 1.54) is 18.2 Å². The minimum Gasteiger partial charge on any atom is -0.366 e. The van der Waals surface area contributed by atoms with Crippen LogP contribution in [0.25, 0.3) is 0 Å². The first kappa shape index (κ1) is 17.7. The zero-order valence-electron chi connectivity index (χ0n) is 14.6. The standard InChI is InChI=1S/C19H19F2N3O3/c20-14-2-1-3-15(21)13(14)5-4-12-8-24(9-12)19(26)23-7-6-17-16(10-23)22-18(25)11-27-17/h1-3,12,16-17H,6-11H2,(H,22,25)/t16-,17+/m1/s1. The van der Waals surface area contributed by atoms with Crippen molar-refractivity contribution in [3.63, 3.8) is 0 Å². The van der Waals surface area contributed by atoms with E-state index in [1.807, 2.05) is 0 Å². The molecule has 3 aliphatic rings. The molecule has 0 aromatic heterocycles. The molecule has 3 amide bonds. The summed E-state index contributed by atoms with van der Waals surface area (Å²) in [7, 11) is 0. The number of nitrogens with one attached hydrogen (secondary N) is 1. The number of hydrogen-bond acceptors (Lipinski definition) is 3. The van der Waals surface area contributed by atoms with Gasteiger partial charge in [0.2, 0.25) is 5.91 Å². The molecule has 142 valence electrons. The molecule has 4 rings (SSSR count). The van der Waals surface area contributed by atoms with Crippen LogP contribution < -0.4 is 5.32 Å². The number of fused-ring (bicyclic) bond motifs is 1. The van der Waals surface area contributed by atoms with Gasteiger partial charge in [-0.25, -0.2) is 13.6 Å². The zero-order valence-corrected chi connectivity index (χ0v) is 14.6. The summed E-state index contributed by atoms with van der Waals surface area (Å²) in [6.07, 6.45) is 0.637. The molecule has 1 aromatic rings. The Morgan fingerprint density at radius 3 is 2.67 bits per heavy atom. The van der Waals surface area contributed by atoms with E-state index < -0.39 is 11.6 Å². The van der Waals surface area contributed by atoms with E-state index in [0.29, 0.717) is 32.6 Å². The smallest absolute Gasteiger partial charge is 0.320 e. The summed E-state index contributed by atoms with van der Waals surface area (Å²) in [4.78, 5) is 27.4. The number of amides is 3. The largest absolute Gasteiger partial charge is 0.366 e. The van der Waals surface area contributed by atoms with Gasteiger partial charge in [0.25, 0.3) is 0 Å². The summed E-state index contributed by atoms with van der Waals surface area (Å²) < 4.78 is 32.7. The molecule has 3 saturated heterocycles. The maximum atomic E-state index is 13.6. The number of rotatable bonds is 0. The van der Waals surface area contributed by atoms with Crippen LogP contribution in [0.1, 0.15) is 12.0 Å². The van der Waals surface area contributed by atoms with Crippen LogP contribution in [0.15, 0.2) is 18.2 Å². The Morgan fingerprint density at radius 2 is 1.93 bits per heavy atom. The van der Waals surface area contributed by atoms with Crippen molar-refractivity contribution < 1.29 is 23.1 Å². The lowest BCUT2D eigenvalue weighted by atomic mass is 9.98. The number of benzene rings is 1. The van der Waals surface area contributed by atoms with Crippen molar-refractivity contribution in [2.75, 3.05) is 32.8 Å². The molecule has 8 heteroatoms. The van der Waals surface area contributed by atoms with E-state index in [0.717, 1.165) is 0 Å². The number of halogens is 2. The van der Waals surface area contributed by atoms with Crippen molar-refractivity contribution in [3.8, 4) is 11.8 Å². The van der Waals surface area contributed by atoms with E-state index in [-0.39, 0.29) is 42.2 Å². The first-order chi connectivity index (χ1) is 13.0. The molecule has 0 radical (unpaired) electrons. The van der Waals surface area contributed by atoms with Crippen LogP contribution in [0.2, 0.25) is 0 Å². The number of carbonyl (C=O) groups is 2. The number of carbonyl (C=O) groups excluding carboxylic acids is 2. The summed E-state index contributed by atoms with van der Waals surface area (Å²) in [5.74, 6) is 3.74. The van der Waals surface area contributed by atoms with Gasteiger partial charge in [-0.15, -0.1) is 0 Å². The highest BCUT2D eigenvalue weighted by molar-refractivity contribution is 5.79. The van der Waals surface area contributed by atoms with Gasteiger partial charge in [0, 0.05) is 26.2 Å². The molecule has 2 atom stereocenters. The summed E-state index contributed by atoms with van der Waals surface area (Å²) in [6, 6.07) is 3.35. The Labute approximate surface area is 155 Å². The molecule has 27 heavy (non-hydrogen) atoms. The van der Waals surface area contributed by atoms with Gasteiger partial charge in [-0.2, -0.15) is 0 Å². The summed E-state index contributed by atoms with van der Waals surface area (Å²) >= 11 is 0. The second kappa shape index (κ2) is 7.16. The fourth-order valence-electron chi connectivity index (χ4n) is 3.59. The molecule has 6 nitrogen and oxygen atoms in total. The Kier molecular flexibility index (Phi) is 4.70. The topological polar surface area (TPSA) is 61.9 Å². The number of hydrogen-bond donors (Lipinski definition) is 1. The Balaban J connectivity index is 1.32. The third-order valence-electron chi connectivity index (χ3n) is 5.11. The molecule has 0 spiro atoms. The molecule has 3 aliphatic heterocycles. The van der Waals surface area contributed by atoms with Gasteiger partial charge in [0.05, 0.1) is 23.6 Å². The molecule has 1 aromatic carbocycles. The number of ether oxygens (including phenoxy) is 1. The highest BCUT2D eigenvalue weighted by Crippen LogP contribution is 2.22. The molecule has 3 heterocycles. The van der Waals surface area contributed by atoms with Crippen LogP contribution >= 0.6 is 0 Å². The zero-order chi connectivity index (χ0) is 19.0. The third kappa shape index (κ3) is 3.60. The molecule has 0 saturated carbocycles. The first-order valence-corrected chi connectivity index (χ1v) is 8.91. The van der Waals surface area contributed by atoms with Crippen molar-refractivity contribution in [2.45, 2.75) is 18.6 Å². The fourth-order valence-corrected chi connectivity index (χ4v) is 3.59. The normalized spacial score (nSPS) is 25.0. The lowest BCUT2D eigenvalue weighted by molar-refractivity contribution is -0.139. The summed E-state index contributed by atoms with van der Waals surface area (Å²) in [6.45, 7) is 1.92. The molecule has 3 fully saturated rings. The lowest BCUT2D eigenvalue weighted by Gasteiger charge is -2.45. The van der Waals surface area contributed by atoms with Crippen molar-refractivity contribution in [1.29, 1.82) is 0 Å². The van der Waals surface area contributed by atoms with E-state index in [1.54, 1.807) is 9.80 Å². The highest BCUT2D eigenvalue weighted by Gasteiger charge is 2.39. The van der Waals surface area contributed by atoms with Gasteiger partial charge in [-0.3, -0.25) is 4.79 Å². The number of likely N-dealkylation sites (tertiary alicyclic amines) is 2. The van der Waals surface area contributed by atoms with Gasteiger partial charge in [-0.1, -0.05) is 17.9 Å². The molecule has 0 bridgehead atoms. The van der Waals surface area contributed by atoms with E-state index in [2.05, 4.69) is 17.2 Å². The van der Waals surface area contributed by atoms with E-state index in [4.69, 9.17) is 4.74 Å². The lowest BCUT2D eigenvalue weighted by Crippen LogP contribution is -2.64. The van der Waals surface area contributed by atoms with Crippen molar-refractivity contribution in [2.24, 2.45) is 5.92 Å². The number of piperidine rings is 1. The number of morpholine rings is 1. The highest BCUT2D eigenvalue weighted by atomic mass is 19.1. The molecule has 0 unspecified atom stereocenters. The Bertz CT molecular complexity index is 809. The average Bonchev–Trinajstić information content (AvgIpc) is 2.61. The fraction of sp³-hybridized carbons (Fsp3) is 0.474. The van der Waals surface area contributed by atoms with Crippen LogP contribution in [0.4, 0.5) is 13.6 Å².